The molecule has 256 valence electrons. The van der Waals surface area contributed by atoms with Crippen molar-refractivity contribution >= 4 is 32.8 Å². The SMILES string of the molecule is CCCCCCCCn1nc2c(C)c(CCCCCC)c3c4nn(CCCCCCCC)nc4c(C)c(CCCCCC)c3c2n1. The van der Waals surface area contributed by atoms with Crippen molar-refractivity contribution in [2.45, 2.75) is 196 Å². The molecule has 0 saturated heterocycles. The molecule has 0 spiro atoms. The van der Waals surface area contributed by atoms with Gasteiger partial charge in [-0.2, -0.15) is 30.0 Å². The van der Waals surface area contributed by atoms with Crippen LogP contribution in [-0.2, 0) is 25.9 Å². The Morgan fingerprint density at radius 3 is 1.04 bits per heavy atom. The molecule has 46 heavy (non-hydrogen) atoms. The van der Waals surface area contributed by atoms with E-state index in [4.69, 9.17) is 20.4 Å². The maximum Gasteiger partial charge on any atom is 0.121 e. The topological polar surface area (TPSA) is 61.4 Å². The Balaban J connectivity index is 1.81. The van der Waals surface area contributed by atoms with Crippen molar-refractivity contribution in [3.8, 4) is 0 Å². The summed E-state index contributed by atoms with van der Waals surface area (Å²) in [5, 5.41) is 23.6. The second-order valence-electron chi connectivity index (χ2n) is 14.1. The zero-order chi connectivity index (χ0) is 32.7. The minimum atomic E-state index is 0.898. The first-order valence-corrected chi connectivity index (χ1v) is 19.6. The number of unbranched alkanes of at least 4 members (excludes halogenated alkanes) is 16. The zero-order valence-electron chi connectivity index (χ0n) is 30.7. The van der Waals surface area contributed by atoms with Gasteiger partial charge in [0, 0.05) is 10.8 Å². The van der Waals surface area contributed by atoms with E-state index in [-0.39, 0.29) is 0 Å². The third kappa shape index (κ3) is 9.31. The van der Waals surface area contributed by atoms with E-state index in [2.05, 4.69) is 41.5 Å². The Hall–Kier alpha value is -2.50. The van der Waals surface area contributed by atoms with Crippen LogP contribution in [0.5, 0.6) is 0 Å². The van der Waals surface area contributed by atoms with E-state index in [9.17, 15) is 0 Å². The molecule has 6 nitrogen and oxygen atoms in total. The molecule has 0 unspecified atom stereocenters. The molecule has 0 aliphatic heterocycles. The summed E-state index contributed by atoms with van der Waals surface area (Å²) in [7, 11) is 0. The molecule has 0 amide bonds. The van der Waals surface area contributed by atoms with E-state index < -0.39 is 0 Å². The lowest BCUT2D eigenvalue weighted by Crippen LogP contribution is -2.02. The van der Waals surface area contributed by atoms with Gasteiger partial charge in [0.15, 0.2) is 0 Å². The van der Waals surface area contributed by atoms with Crippen LogP contribution in [0.2, 0.25) is 0 Å². The highest BCUT2D eigenvalue weighted by atomic mass is 15.5. The third-order valence-corrected chi connectivity index (χ3v) is 10.2. The molecule has 6 heteroatoms. The molecule has 4 rings (SSSR count). The normalized spacial score (nSPS) is 12.0. The number of hydrogen-bond donors (Lipinski definition) is 0. The van der Waals surface area contributed by atoms with Gasteiger partial charge in [0.05, 0.1) is 13.1 Å². The number of fused-ring (bicyclic) bond motifs is 5. The van der Waals surface area contributed by atoms with Crippen LogP contribution in [-0.4, -0.2) is 30.0 Å². The van der Waals surface area contributed by atoms with Crippen LogP contribution in [0.3, 0.4) is 0 Å². The summed E-state index contributed by atoms with van der Waals surface area (Å²) in [5.41, 5.74) is 9.90. The molecule has 0 aliphatic carbocycles. The van der Waals surface area contributed by atoms with E-state index in [1.807, 2.05) is 9.59 Å². The fourth-order valence-corrected chi connectivity index (χ4v) is 7.37. The van der Waals surface area contributed by atoms with Crippen molar-refractivity contribution in [3.05, 3.63) is 22.3 Å². The molecule has 0 atom stereocenters. The molecule has 2 heterocycles. The van der Waals surface area contributed by atoms with Crippen LogP contribution in [0.1, 0.15) is 178 Å². The van der Waals surface area contributed by atoms with Crippen LogP contribution in [0.15, 0.2) is 0 Å². The summed E-state index contributed by atoms with van der Waals surface area (Å²) in [6, 6.07) is 0. The number of rotatable bonds is 24. The Kier molecular flexibility index (Phi) is 15.3. The highest BCUT2D eigenvalue weighted by molar-refractivity contribution is 6.18. The third-order valence-electron chi connectivity index (χ3n) is 10.2. The van der Waals surface area contributed by atoms with Crippen molar-refractivity contribution in [3.63, 3.8) is 0 Å². The number of aryl methyl sites for hydroxylation is 6. The Bertz CT molecular complexity index is 1370. The lowest BCUT2D eigenvalue weighted by Gasteiger charge is -2.17. The standard InChI is InChI=1S/C40H66N6/c1-7-11-15-19-21-25-29-45-41-37-31(5)33(27-23-17-13-9-3)36-35(39(37)43-45)34(28-24-18-14-10-4)32(6)38-40(36)44-46(42-38)30-26-22-20-16-12-8-2/h7-30H2,1-6H3. The van der Waals surface area contributed by atoms with Gasteiger partial charge < -0.3 is 0 Å². The predicted octanol–water partition coefficient (Wildman–Crippen LogP) is 11.9. The summed E-state index contributed by atoms with van der Waals surface area (Å²) < 4.78 is 0. The summed E-state index contributed by atoms with van der Waals surface area (Å²) >= 11 is 0. The molecule has 0 saturated carbocycles. The maximum atomic E-state index is 5.28. The summed E-state index contributed by atoms with van der Waals surface area (Å²) in [6.07, 6.45) is 27.5. The van der Waals surface area contributed by atoms with Gasteiger partial charge in [-0.25, -0.2) is 0 Å². The van der Waals surface area contributed by atoms with Gasteiger partial charge >= 0.3 is 0 Å². The lowest BCUT2D eigenvalue weighted by molar-refractivity contribution is 0.488. The molecule has 0 N–H and O–H groups in total. The molecule has 0 aliphatic rings. The molecular weight excluding hydrogens is 564 g/mol. The largest absolute Gasteiger partial charge is 0.184 e. The van der Waals surface area contributed by atoms with Gasteiger partial charge in [-0.15, -0.1) is 0 Å². The molecular formula is C40H66N6. The van der Waals surface area contributed by atoms with Gasteiger partial charge in [-0.1, -0.05) is 130 Å². The van der Waals surface area contributed by atoms with Crippen molar-refractivity contribution in [2.24, 2.45) is 0 Å². The minimum absolute atomic E-state index is 0.898. The fraction of sp³-hybridized carbons (Fsp3) is 0.750. The van der Waals surface area contributed by atoms with Gasteiger partial charge in [0.1, 0.15) is 22.1 Å². The first kappa shape index (κ1) is 36.3. The minimum Gasteiger partial charge on any atom is -0.184 e. The van der Waals surface area contributed by atoms with Gasteiger partial charge in [0.25, 0.3) is 0 Å². The van der Waals surface area contributed by atoms with Crippen LogP contribution in [0.4, 0.5) is 0 Å². The van der Waals surface area contributed by atoms with Crippen LogP contribution in [0.25, 0.3) is 32.8 Å². The average Bonchev–Trinajstić information content (AvgIpc) is 3.68. The van der Waals surface area contributed by atoms with Gasteiger partial charge in [-0.05, 0) is 74.6 Å². The number of hydrogen-bond acceptors (Lipinski definition) is 4. The first-order valence-electron chi connectivity index (χ1n) is 19.6. The smallest absolute Gasteiger partial charge is 0.121 e. The van der Waals surface area contributed by atoms with Crippen molar-refractivity contribution in [1.82, 2.24) is 30.0 Å². The van der Waals surface area contributed by atoms with Crippen LogP contribution >= 0.6 is 0 Å². The van der Waals surface area contributed by atoms with Gasteiger partial charge in [0.2, 0.25) is 0 Å². The highest BCUT2D eigenvalue weighted by Crippen LogP contribution is 2.40. The van der Waals surface area contributed by atoms with E-state index in [0.29, 0.717) is 0 Å². The molecule has 0 radical (unpaired) electrons. The summed E-state index contributed by atoms with van der Waals surface area (Å²) in [4.78, 5) is 4.04. The maximum absolute atomic E-state index is 5.28. The van der Waals surface area contributed by atoms with E-state index in [1.54, 1.807) is 0 Å². The Labute approximate surface area is 280 Å². The van der Waals surface area contributed by atoms with Crippen LogP contribution in [0, 0.1) is 13.8 Å². The second-order valence-corrected chi connectivity index (χ2v) is 14.1. The number of nitrogens with zero attached hydrogens (tertiary/aromatic N) is 6. The monoisotopic (exact) mass is 631 g/mol. The Morgan fingerprint density at radius 1 is 0.370 bits per heavy atom. The number of benzene rings is 2. The Morgan fingerprint density at radius 2 is 0.674 bits per heavy atom. The van der Waals surface area contributed by atoms with Crippen LogP contribution < -0.4 is 0 Å². The van der Waals surface area contributed by atoms with Crippen molar-refractivity contribution < 1.29 is 0 Å². The molecule has 2 aromatic carbocycles. The van der Waals surface area contributed by atoms with E-state index in [0.717, 1.165) is 60.8 Å². The quantitative estimate of drug-likeness (QED) is 0.0723. The van der Waals surface area contributed by atoms with Gasteiger partial charge in [-0.3, -0.25) is 0 Å². The summed E-state index contributed by atoms with van der Waals surface area (Å²) in [6.45, 7) is 15.6. The fourth-order valence-electron chi connectivity index (χ4n) is 7.37. The molecule has 0 fully saturated rings. The summed E-state index contributed by atoms with van der Waals surface area (Å²) in [5.74, 6) is 0. The predicted molar refractivity (Wildman–Crippen MR) is 198 cm³/mol. The first-order chi connectivity index (χ1) is 22.5. The zero-order valence-corrected chi connectivity index (χ0v) is 30.7. The lowest BCUT2D eigenvalue weighted by atomic mass is 9.87. The average molecular weight is 631 g/mol. The highest BCUT2D eigenvalue weighted by Gasteiger charge is 2.25. The molecule has 4 aromatic rings. The van der Waals surface area contributed by atoms with Crippen molar-refractivity contribution in [1.29, 1.82) is 0 Å². The molecule has 0 bridgehead atoms. The van der Waals surface area contributed by atoms with E-state index in [1.165, 1.54) is 149 Å². The van der Waals surface area contributed by atoms with E-state index >= 15 is 0 Å². The second kappa shape index (κ2) is 19.4. The van der Waals surface area contributed by atoms with Crippen molar-refractivity contribution in [2.75, 3.05) is 0 Å². The number of aromatic nitrogens is 6. The molecule has 2 aromatic heterocycles.